The van der Waals surface area contributed by atoms with Crippen molar-refractivity contribution < 1.29 is 0 Å². The maximum absolute atomic E-state index is 6.25. The van der Waals surface area contributed by atoms with E-state index in [-0.39, 0.29) is 6.04 Å². The zero-order chi connectivity index (χ0) is 12.5. The summed E-state index contributed by atoms with van der Waals surface area (Å²) in [7, 11) is 0. The quantitative estimate of drug-likeness (QED) is 0.785. The van der Waals surface area contributed by atoms with Gasteiger partial charge in [0.05, 0.1) is 6.04 Å². The SMILES string of the molecule is NC(c1ccncc1)c1nc(Br)cn2ccnc12. The minimum atomic E-state index is -0.324. The molecule has 0 saturated heterocycles. The van der Waals surface area contributed by atoms with Crippen LogP contribution in [0.25, 0.3) is 5.65 Å². The Kier molecular flexibility index (Phi) is 2.81. The summed E-state index contributed by atoms with van der Waals surface area (Å²) in [6.45, 7) is 0. The van der Waals surface area contributed by atoms with Crippen LogP contribution in [0.3, 0.4) is 0 Å². The highest BCUT2D eigenvalue weighted by Gasteiger charge is 2.16. The third-order valence-corrected chi connectivity index (χ3v) is 3.11. The molecule has 0 fully saturated rings. The Morgan fingerprint density at radius 3 is 2.78 bits per heavy atom. The zero-order valence-corrected chi connectivity index (χ0v) is 10.9. The number of rotatable bonds is 2. The van der Waals surface area contributed by atoms with Gasteiger partial charge in [-0.2, -0.15) is 0 Å². The van der Waals surface area contributed by atoms with Crippen molar-refractivity contribution >= 4 is 21.6 Å². The largest absolute Gasteiger partial charge is 0.319 e. The van der Waals surface area contributed by atoms with E-state index in [1.807, 2.05) is 28.9 Å². The summed E-state index contributed by atoms with van der Waals surface area (Å²) >= 11 is 3.38. The second-order valence-electron chi connectivity index (χ2n) is 3.87. The van der Waals surface area contributed by atoms with Crippen LogP contribution in [0.4, 0.5) is 0 Å². The van der Waals surface area contributed by atoms with E-state index in [0.29, 0.717) is 0 Å². The van der Waals surface area contributed by atoms with Crippen LogP contribution in [0.2, 0.25) is 0 Å². The molecule has 18 heavy (non-hydrogen) atoms. The first kappa shape index (κ1) is 11.3. The minimum absolute atomic E-state index is 0.324. The van der Waals surface area contributed by atoms with Crippen molar-refractivity contribution in [1.82, 2.24) is 19.4 Å². The van der Waals surface area contributed by atoms with Gasteiger partial charge >= 0.3 is 0 Å². The Morgan fingerprint density at radius 2 is 2.00 bits per heavy atom. The van der Waals surface area contributed by atoms with Crippen LogP contribution in [-0.2, 0) is 0 Å². The molecule has 3 aromatic heterocycles. The second kappa shape index (κ2) is 4.47. The predicted octanol–water partition coefficient (Wildman–Crippen LogP) is 1.93. The van der Waals surface area contributed by atoms with Crippen LogP contribution in [0.15, 0.2) is 47.7 Å². The summed E-state index contributed by atoms with van der Waals surface area (Å²) in [5.74, 6) is 0. The number of nitrogens with zero attached hydrogens (tertiary/aromatic N) is 4. The lowest BCUT2D eigenvalue weighted by atomic mass is 10.1. The molecule has 0 aliphatic carbocycles. The summed E-state index contributed by atoms with van der Waals surface area (Å²) in [6, 6.07) is 3.44. The molecule has 5 nitrogen and oxygen atoms in total. The summed E-state index contributed by atoms with van der Waals surface area (Å²) in [6.07, 6.45) is 8.88. The van der Waals surface area contributed by atoms with E-state index in [0.717, 1.165) is 21.5 Å². The molecule has 3 rings (SSSR count). The Hall–Kier alpha value is -1.79. The van der Waals surface area contributed by atoms with Gasteiger partial charge in [0.1, 0.15) is 10.3 Å². The Morgan fingerprint density at radius 1 is 1.22 bits per heavy atom. The van der Waals surface area contributed by atoms with Crippen molar-refractivity contribution in [3.05, 3.63) is 59.0 Å². The predicted molar refractivity (Wildman–Crippen MR) is 71.0 cm³/mol. The van der Waals surface area contributed by atoms with E-state index in [1.54, 1.807) is 18.6 Å². The minimum Gasteiger partial charge on any atom is -0.319 e. The summed E-state index contributed by atoms with van der Waals surface area (Å²) in [4.78, 5) is 12.7. The standard InChI is InChI=1S/C12H10BrN5/c13-9-7-18-6-5-16-12(18)11(17-9)10(14)8-1-3-15-4-2-8/h1-7,10H,14H2. The fraction of sp³-hybridized carbons (Fsp3) is 0.0833. The number of hydrogen-bond acceptors (Lipinski definition) is 4. The van der Waals surface area contributed by atoms with E-state index in [2.05, 4.69) is 30.9 Å². The van der Waals surface area contributed by atoms with Crippen LogP contribution >= 0.6 is 15.9 Å². The number of halogens is 1. The van der Waals surface area contributed by atoms with Crippen molar-refractivity contribution in [2.24, 2.45) is 5.73 Å². The molecule has 2 N–H and O–H groups in total. The van der Waals surface area contributed by atoms with Gasteiger partial charge in [-0.1, -0.05) is 0 Å². The molecule has 3 heterocycles. The smallest absolute Gasteiger partial charge is 0.160 e. The Labute approximate surface area is 112 Å². The molecule has 6 heteroatoms. The average molecular weight is 304 g/mol. The Balaban J connectivity index is 2.17. The molecule has 0 aliphatic rings. The first-order chi connectivity index (χ1) is 8.75. The van der Waals surface area contributed by atoms with Crippen molar-refractivity contribution in [2.75, 3.05) is 0 Å². The van der Waals surface area contributed by atoms with Gasteiger partial charge in [-0.25, -0.2) is 9.97 Å². The molecule has 0 radical (unpaired) electrons. The van der Waals surface area contributed by atoms with Gasteiger partial charge in [0.25, 0.3) is 0 Å². The molecule has 1 atom stereocenters. The van der Waals surface area contributed by atoms with Gasteiger partial charge < -0.3 is 10.1 Å². The van der Waals surface area contributed by atoms with Crippen LogP contribution in [0.5, 0.6) is 0 Å². The second-order valence-corrected chi connectivity index (χ2v) is 4.68. The van der Waals surface area contributed by atoms with E-state index < -0.39 is 0 Å². The highest BCUT2D eigenvalue weighted by molar-refractivity contribution is 9.10. The van der Waals surface area contributed by atoms with Crippen LogP contribution < -0.4 is 5.73 Å². The first-order valence-electron chi connectivity index (χ1n) is 5.40. The van der Waals surface area contributed by atoms with Crippen molar-refractivity contribution in [3.8, 4) is 0 Å². The molecule has 0 aliphatic heterocycles. The molecular weight excluding hydrogens is 294 g/mol. The number of pyridine rings is 1. The fourth-order valence-corrected chi connectivity index (χ4v) is 2.27. The lowest BCUT2D eigenvalue weighted by Gasteiger charge is -2.12. The summed E-state index contributed by atoms with van der Waals surface area (Å²) in [5.41, 5.74) is 8.71. The number of imidazole rings is 1. The van der Waals surface area contributed by atoms with Gasteiger partial charge in [0.2, 0.25) is 0 Å². The van der Waals surface area contributed by atoms with E-state index >= 15 is 0 Å². The third kappa shape index (κ3) is 1.89. The van der Waals surface area contributed by atoms with Crippen molar-refractivity contribution in [1.29, 1.82) is 0 Å². The van der Waals surface area contributed by atoms with Crippen LogP contribution in [0, 0.1) is 0 Å². The van der Waals surface area contributed by atoms with E-state index in [1.165, 1.54) is 0 Å². The van der Waals surface area contributed by atoms with Gasteiger partial charge in [-0.15, -0.1) is 0 Å². The molecule has 0 saturated carbocycles. The molecule has 0 amide bonds. The van der Waals surface area contributed by atoms with Crippen molar-refractivity contribution in [2.45, 2.75) is 6.04 Å². The lowest BCUT2D eigenvalue weighted by molar-refractivity contribution is 0.815. The average Bonchev–Trinajstić information content (AvgIpc) is 2.86. The third-order valence-electron chi connectivity index (χ3n) is 2.73. The number of nitrogens with two attached hydrogens (primary N) is 1. The number of fused-ring (bicyclic) bond motifs is 1. The van der Waals surface area contributed by atoms with E-state index in [4.69, 9.17) is 5.73 Å². The first-order valence-corrected chi connectivity index (χ1v) is 6.19. The monoisotopic (exact) mass is 303 g/mol. The van der Waals surface area contributed by atoms with Gasteiger partial charge in [0, 0.05) is 31.0 Å². The number of aromatic nitrogens is 4. The van der Waals surface area contributed by atoms with Gasteiger partial charge in [-0.3, -0.25) is 4.98 Å². The highest BCUT2D eigenvalue weighted by atomic mass is 79.9. The van der Waals surface area contributed by atoms with Gasteiger partial charge in [0.15, 0.2) is 5.65 Å². The Bertz CT molecular complexity index is 679. The van der Waals surface area contributed by atoms with E-state index in [9.17, 15) is 0 Å². The summed E-state index contributed by atoms with van der Waals surface area (Å²) in [5, 5.41) is 0. The molecule has 0 bridgehead atoms. The molecule has 3 aromatic rings. The molecule has 0 aromatic carbocycles. The normalized spacial score (nSPS) is 12.8. The maximum Gasteiger partial charge on any atom is 0.160 e. The maximum atomic E-state index is 6.25. The summed E-state index contributed by atoms with van der Waals surface area (Å²) < 4.78 is 2.63. The number of hydrogen-bond donors (Lipinski definition) is 1. The van der Waals surface area contributed by atoms with Gasteiger partial charge in [-0.05, 0) is 33.6 Å². The topological polar surface area (TPSA) is 69.1 Å². The lowest BCUT2D eigenvalue weighted by Crippen LogP contribution is -2.15. The zero-order valence-electron chi connectivity index (χ0n) is 9.36. The fourth-order valence-electron chi connectivity index (χ4n) is 1.86. The molecule has 0 spiro atoms. The van der Waals surface area contributed by atoms with Crippen molar-refractivity contribution in [3.63, 3.8) is 0 Å². The molecule has 1 unspecified atom stereocenters. The molecule has 90 valence electrons. The highest BCUT2D eigenvalue weighted by Crippen LogP contribution is 2.22. The molecular formula is C12H10BrN5. The van der Waals surface area contributed by atoms with Crippen LogP contribution in [-0.4, -0.2) is 19.4 Å². The van der Waals surface area contributed by atoms with Crippen LogP contribution in [0.1, 0.15) is 17.3 Å².